The van der Waals surface area contributed by atoms with Crippen molar-refractivity contribution in [3.8, 4) is 6.07 Å². The molecule has 0 amide bonds. The summed E-state index contributed by atoms with van der Waals surface area (Å²) in [7, 11) is 1.38. The third-order valence-electron chi connectivity index (χ3n) is 1.78. The highest BCUT2D eigenvalue weighted by Gasteiger charge is 2.43. The normalized spacial score (nSPS) is 28.8. The van der Waals surface area contributed by atoms with Gasteiger partial charge in [-0.25, -0.2) is 0 Å². The molecule has 0 aromatic carbocycles. The van der Waals surface area contributed by atoms with E-state index in [1.54, 1.807) is 0 Å². The van der Waals surface area contributed by atoms with Crippen LogP contribution in [0.15, 0.2) is 0 Å². The van der Waals surface area contributed by atoms with E-state index in [4.69, 9.17) is 5.26 Å². The second-order valence-electron chi connectivity index (χ2n) is 2.49. The van der Waals surface area contributed by atoms with Gasteiger partial charge in [0, 0.05) is 6.42 Å². The number of hydrogen-bond acceptors (Lipinski definition) is 3. The van der Waals surface area contributed by atoms with Gasteiger partial charge < -0.3 is 4.74 Å². The molecule has 1 aliphatic carbocycles. The maximum absolute atomic E-state index is 10.7. The Morgan fingerprint density at radius 2 is 2.60 bits per heavy atom. The highest BCUT2D eigenvalue weighted by Crippen LogP contribution is 2.41. The molecule has 54 valence electrons. The monoisotopic (exact) mass is 139 g/mol. The predicted octanol–water partition coefficient (Wildman–Crippen LogP) is 0.709. The van der Waals surface area contributed by atoms with E-state index in [0.29, 0.717) is 6.42 Å². The van der Waals surface area contributed by atoms with Crippen LogP contribution in [0.2, 0.25) is 0 Å². The van der Waals surface area contributed by atoms with Crippen molar-refractivity contribution in [2.24, 2.45) is 11.8 Å². The topological polar surface area (TPSA) is 50.1 Å². The number of methoxy groups -OCH3 is 1. The van der Waals surface area contributed by atoms with Crippen molar-refractivity contribution in [2.75, 3.05) is 7.11 Å². The zero-order chi connectivity index (χ0) is 7.56. The molecule has 0 N–H and O–H groups in total. The molecule has 1 saturated carbocycles. The smallest absolute Gasteiger partial charge is 0.308 e. The van der Waals surface area contributed by atoms with Gasteiger partial charge in [-0.15, -0.1) is 0 Å². The highest BCUT2D eigenvalue weighted by molar-refractivity contribution is 5.75. The Kier molecular flexibility index (Phi) is 1.91. The Bertz CT molecular complexity index is 183. The fourth-order valence-corrected chi connectivity index (χ4v) is 1.03. The molecule has 1 fully saturated rings. The van der Waals surface area contributed by atoms with Crippen LogP contribution in [-0.4, -0.2) is 13.1 Å². The first-order chi connectivity index (χ1) is 4.79. The molecule has 0 aromatic heterocycles. The van der Waals surface area contributed by atoms with Crippen LogP contribution in [0.4, 0.5) is 0 Å². The van der Waals surface area contributed by atoms with Crippen molar-refractivity contribution < 1.29 is 9.53 Å². The van der Waals surface area contributed by atoms with Crippen molar-refractivity contribution in [1.29, 1.82) is 5.26 Å². The van der Waals surface area contributed by atoms with Crippen molar-refractivity contribution in [1.82, 2.24) is 0 Å². The van der Waals surface area contributed by atoms with Crippen LogP contribution in [-0.2, 0) is 9.53 Å². The van der Waals surface area contributed by atoms with Crippen LogP contribution < -0.4 is 0 Å². The van der Waals surface area contributed by atoms with Crippen molar-refractivity contribution in [2.45, 2.75) is 12.8 Å². The van der Waals surface area contributed by atoms with E-state index in [0.717, 1.165) is 6.42 Å². The van der Waals surface area contributed by atoms with E-state index in [9.17, 15) is 4.79 Å². The average Bonchev–Trinajstić information content (AvgIpc) is 2.67. The molecule has 0 bridgehead atoms. The highest BCUT2D eigenvalue weighted by atomic mass is 16.5. The molecule has 1 rings (SSSR count). The number of hydrogen-bond donors (Lipinski definition) is 0. The molecule has 0 aromatic rings. The number of nitrogens with zero attached hydrogens (tertiary/aromatic N) is 1. The summed E-state index contributed by atoms with van der Waals surface area (Å²) in [6.45, 7) is 0. The first-order valence-electron chi connectivity index (χ1n) is 3.24. The van der Waals surface area contributed by atoms with Gasteiger partial charge in [0.2, 0.25) is 0 Å². The van der Waals surface area contributed by atoms with Crippen LogP contribution in [0, 0.1) is 23.2 Å². The van der Waals surface area contributed by atoms with Crippen LogP contribution in [0.25, 0.3) is 0 Å². The Labute approximate surface area is 59.6 Å². The molecule has 0 spiro atoms. The lowest BCUT2D eigenvalue weighted by molar-refractivity contribution is -0.142. The molecule has 3 nitrogen and oxygen atoms in total. The molecular formula is C7H9NO2. The quantitative estimate of drug-likeness (QED) is 0.529. The molecule has 2 atom stereocenters. The van der Waals surface area contributed by atoms with Crippen LogP contribution in [0.3, 0.4) is 0 Å². The predicted molar refractivity (Wildman–Crippen MR) is 33.8 cm³/mol. The number of ether oxygens (including phenoxy) is 1. The SMILES string of the molecule is COC(=O)C1CC1CC#N. The number of rotatable bonds is 2. The zero-order valence-corrected chi connectivity index (χ0v) is 5.83. The second-order valence-corrected chi connectivity index (χ2v) is 2.49. The van der Waals surface area contributed by atoms with Gasteiger partial charge in [0.1, 0.15) is 0 Å². The lowest BCUT2D eigenvalue weighted by Gasteiger charge is -1.92. The standard InChI is InChI=1S/C7H9NO2/c1-10-7(9)6-4-5(6)2-3-8/h5-6H,2,4H2,1H3. The lowest BCUT2D eigenvalue weighted by atomic mass is 10.2. The van der Waals surface area contributed by atoms with Gasteiger partial charge in [-0.3, -0.25) is 4.79 Å². The minimum atomic E-state index is -0.166. The molecule has 0 saturated heterocycles. The fraction of sp³-hybridized carbons (Fsp3) is 0.714. The van der Waals surface area contributed by atoms with Crippen molar-refractivity contribution in [3.63, 3.8) is 0 Å². The summed E-state index contributed by atoms with van der Waals surface area (Å²) in [6, 6.07) is 2.03. The van der Waals surface area contributed by atoms with Gasteiger partial charge in [-0.2, -0.15) is 5.26 Å². The first kappa shape index (κ1) is 7.07. The summed E-state index contributed by atoms with van der Waals surface area (Å²) in [5.41, 5.74) is 0. The molecule has 0 aliphatic heterocycles. The molecule has 0 heterocycles. The molecule has 1 aliphatic rings. The molecule has 3 heteroatoms. The van der Waals surface area contributed by atoms with Crippen LogP contribution in [0.5, 0.6) is 0 Å². The number of nitriles is 1. The van der Waals surface area contributed by atoms with Crippen molar-refractivity contribution >= 4 is 5.97 Å². The van der Waals surface area contributed by atoms with E-state index in [-0.39, 0.29) is 17.8 Å². The summed E-state index contributed by atoms with van der Waals surface area (Å²) in [4.78, 5) is 10.7. The molecule has 0 radical (unpaired) electrons. The summed E-state index contributed by atoms with van der Waals surface area (Å²) in [6.07, 6.45) is 1.32. The Balaban J connectivity index is 2.26. The van der Waals surface area contributed by atoms with Gasteiger partial charge >= 0.3 is 5.97 Å². The third-order valence-corrected chi connectivity index (χ3v) is 1.78. The maximum atomic E-state index is 10.7. The van der Waals surface area contributed by atoms with Crippen LogP contribution >= 0.6 is 0 Å². The minimum Gasteiger partial charge on any atom is -0.469 e. The van der Waals surface area contributed by atoms with Crippen molar-refractivity contribution in [3.05, 3.63) is 0 Å². The maximum Gasteiger partial charge on any atom is 0.308 e. The van der Waals surface area contributed by atoms with Gasteiger partial charge in [0.25, 0.3) is 0 Å². The number of carbonyl (C=O) groups excluding carboxylic acids is 1. The summed E-state index contributed by atoms with van der Waals surface area (Å²) >= 11 is 0. The number of esters is 1. The van der Waals surface area contributed by atoms with E-state index in [2.05, 4.69) is 4.74 Å². The Morgan fingerprint density at radius 3 is 3.10 bits per heavy atom. The van der Waals surface area contributed by atoms with Gasteiger partial charge in [0.15, 0.2) is 0 Å². The van der Waals surface area contributed by atoms with E-state index < -0.39 is 0 Å². The number of carbonyl (C=O) groups is 1. The second kappa shape index (κ2) is 2.70. The zero-order valence-electron chi connectivity index (χ0n) is 5.83. The third kappa shape index (κ3) is 1.27. The van der Waals surface area contributed by atoms with E-state index >= 15 is 0 Å². The van der Waals surface area contributed by atoms with Gasteiger partial charge in [0.05, 0.1) is 19.1 Å². The Hall–Kier alpha value is -1.04. The Morgan fingerprint density at radius 1 is 1.90 bits per heavy atom. The molecule has 2 unspecified atom stereocenters. The van der Waals surface area contributed by atoms with Crippen LogP contribution in [0.1, 0.15) is 12.8 Å². The lowest BCUT2D eigenvalue weighted by Crippen LogP contribution is -2.03. The summed E-state index contributed by atoms with van der Waals surface area (Å²) in [5.74, 6) is 0.127. The minimum absolute atomic E-state index is 0.0182. The van der Waals surface area contributed by atoms with E-state index in [1.807, 2.05) is 6.07 Å². The molecule has 10 heavy (non-hydrogen) atoms. The van der Waals surface area contributed by atoms with Gasteiger partial charge in [-0.05, 0) is 12.3 Å². The first-order valence-corrected chi connectivity index (χ1v) is 3.24. The summed E-state index contributed by atoms with van der Waals surface area (Å²) in [5, 5.41) is 8.25. The largest absolute Gasteiger partial charge is 0.469 e. The summed E-state index contributed by atoms with van der Waals surface area (Å²) < 4.78 is 4.50. The average molecular weight is 139 g/mol. The fourth-order valence-electron chi connectivity index (χ4n) is 1.03. The molecular weight excluding hydrogens is 130 g/mol. The van der Waals surface area contributed by atoms with E-state index in [1.165, 1.54) is 7.11 Å². The van der Waals surface area contributed by atoms with Gasteiger partial charge in [-0.1, -0.05) is 0 Å².